The van der Waals surface area contributed by atoms with E-state index >= 15 is 0 Å². The molecule has 4 heterocycles. The van der Waals surface area contributed by atoms with Crippen LogP contribution in [0.25, 0.3) is 0 Å². The molecule has 0 bridgehead atoms. The van der Waals surface area contributed by atoms with E-state index in [0.717, 1.165) is 63.0 Å². The van der Waals surface area contributed by atoms with Crippen molar-refractivity contribution >= 4 is 0 Å². The molecule has 6 nitrogen and oxygen atoms in total. The second-order valence-corrected chi connectivity index (χ2v) is 8.80. The molecule has 6 heteroatoms. The third-order valence-electron chi connectivity index (χ3n) is 6.58. The SMILES string of the molecule is Cc1cccc(CN2CCC[C@H](N3CCN(Cc4ccc5c(c4)OCO5)CC3)C2)n1. The van der Waals surface area contributed by atoms with Gasteiger partial charge in [0, 0.05) is 57.5 Å². The van der Waals surface area contributed by atoms with Crippen molar-refractivity contribution < 1.29 is 9.47 Å². The lowest BCUT2D eigenvalue weighted by molar-refractivity contribution is 0.0474. The summed E-state index contributed by atoms with van der Waals surface area (Å²) in [7, 11) is 0. The summed E-state index contributed by atoms with van der Waals surface area (Å²) in [4.78, 5) is 12.6. The Hall–Kier alpha value is -2.15. The van der Waals surface area contributed by atoms with E-state index in [1.807, 2.05) is 6.07 Å². The number of rotatable bonds is 5. The topological polar surface area (TPSA) is 41.1 Å². The van der Waals surface area contributed by atoms with Crippen LogP contribution in [0.5, 0.6) is 11.5 Å². The van der Waals surface area contributed by atoms with E-state index in [9.17, 15) is 0 Å². The molecular weight excluding hydrogens is 376 g/mol. The molecule has 0 amide bonds. The van der Waals surface area contributed by atoms with Crippen molar-refractivity contribution in [3.63, 3.8) is 0 Å². The third kappa shape index (κ3) is 4.61. The largest absolute Gasteiger partial charge is 0.454 e. The van der Waals surface area contributed by atoms with Crippen LogP contribution in [0.4, 0.5) is 0 Å². The van der Waals surface area contributed by atoms with Gasteiger partial charge in [0.1, 0.15) is 0 Å². The van der Waals surface area contributed by atoms with Gasteiger partial charge in [-0.2, -0.15) is 0 Å². The summed E-state index contributed by atoms with van der Waals surface area (Å²) in [6.07, 6.45) is 2.60. The summed E-state index contributed by atoms with van der Waals surface area (Å²) >= 11 is 0. The fourth-order valence-corrected chi connectivity index (χ4v) is 4.97. The molecule has 3 aliphatic rings. The molecule has 0 saturated carbocycles. The number of piperazine rings is 1. The maximum absolute atomic E-state index is 5.53. The molecule has 30 heavy (non-hydrogen) atoms. The number of nitrogens with zero attached hydrogens (tertiary/aromatic N) is 4. The average Bonchev–Trinajstić information content (AvgIpc) is 3.22. The van der Waals surface area contributed by atoms with Gasteiger partial charge >= 0.3 is 0 Å². The number of pyridine rings is 1. The van der Waals surface area contributed by atoms with Gasteiger partial charge in [0.05, 0.1) is 5.69 Å². The average molecular weight is 409 g/mol. The van der Waals surface area contributed by atoms with E-state index in [4.69, 9.17) is 14.5 Å². The predicted octanol–water partition coefficient (Wildman–Crippen LogP) is 2.90. The highest BCUT2D eigenvalue weighted by molar-refractivity contribution is 5.44. The summed E-state index contributed by atoms with van der Waals surface area (Å²) in [6.45, 7) is 11.3. The first-order valence-corrected chi connectivity index (χ1v) is 11.2. The molecule has 2 saturated heterocycles. The fourth-order valence-electron chi connectivity index (χ4n) is 4.97. The number of hydrogen-bond acceptors (Lipinski definition) is 6. The Balaban J connectivity index is 1.12. The van der Waals surface area contributed by atoms with Crippen LogP contribution in [0.3, 0.4) is 0 Å². The maximum atomic E-state index is 5.53. The molecule has 1 atom stereocenters. The highest BCUT2D eigenvalue weighted by Gasteiger charge is 2.28. The first kappa shape index (κ1) is 19.8. The van der Waals surface area contributed by atoms with Crippen LogP contribution in [0.2, 0.25) is 0 Å². The van der Waals surface area contributed by atoms with Crippen molar-refractivity contribution in [2.45, 2.75) is 38.9 Å². The Morgan fingerprint density at radius 3 is 2.67 bits per heavy atom. The Labute approximate surface area is 179 Å². The summed E-state index contributed by atoms with van der Waals surface area (Å²) in [5.41, 5.74) is 3.62. The number of aromatic nitrogens is 1. The lowest BCUT2D eigenvalue weighted by atomic mass is 10.0. The van der Waals surface area contributed by atoms with E-state index in [2.05, 4.69) is 52.0 Å². The standard InChI is InChI=1S/C24H32N4O2/c1-19-4-2-5-21(25-19)16-27-9-3-6-22(17-27)28-12-10-26(11-13-28)15-20-7-8-23-24(14-20)30-18-29-23/h2,4-5,7-8,14,22H,3,6,9-13,15-18H2,1H3/t22-/m0/s1. The molecule has 5 rings (SSSR count). The van der Waals surface area contributed by atoms with Gasteiger partial charge in [0.2, 0.25) is 6.79 Å². The fraction of sp³-hybridized carbons (Fsp3) is 0.542. The minimum atomic E-state index is 0.343. The van der Waals surface area contributed by atoms with Crippen molar-refractivity contribution in [3.8, 4) is 11.5 Å². The summed E-state index contributed by atoms with van der Waals surface area (Å²) in [6, 6.07) is 13.4. The number of hydrogen-bond donors (Lipinski definition) is 0. The number of likely N-dealkylation sites (tertiary alicyclic amines) is 1. The van der Waals surface area contributed by atoms with Crippen molar-refractivity contribution in [1.82, 2.24) is 19.7 Å². The maximum Gasteiger partial charge on any atom is 0.231 e. The zero-order valence-electron chi connectivity index (χ0n) is 17.9. The van der Waals surface area contributed by atoms with Gasteiger partial charge in [-0.05, 0) is 56.1 Å². The van der Waals surface area contributed by atoms with Gasteiger partial charge in [-0.1, -0.05) is 12.1 Å². The molecule has 2 aromatic rings. The Morgan fingerprint density at radius 2 is 1.80 bits per heavy atom. The Morgan fingerprint density at radius 1 is 0.933 bits per heavy atom. The minimum Gasteiger partial charge on any atom is -0.454 e. The summed E-state index contributed by atoms with van der Waals surface area (Å²) in [5.74, 6) is 1.75. The first-order valence-electron chi connectivity index (χ1n) is 11.2. The van der Waals surface area contributed by atoms with Gasteiger partial charge in [0.25, 0.3) is 0 Å². The molecule has 0 spiro atoms. The van der Waals surface area contributed by atoms with E-state index in [1.165, 1.54) is 30.6 Å². The molecule has 160 valence electrons. The quantitative estimate of drug-likeness (QED) is 0.758. The zero-order chi connectivity index (χ0) is 20.3. The van der Waals surface area contributed by atoms with E-state index in [1.54, 1.807) is 0 Å². The number of piperidine rings is 1. The molecule has 0 aliphatic carbocycles. The van der Waals surface area contributed by atoms with E-state index < -0.39 is 0 Å². The van der Waals surface area contributed by atoms with Gasteiger partial charge in [-0.3, -0.25) is 19.7 Å². The number of aryl methyl sites for hydroxylation is 1. The van der Waals surface area contributed by atoms with Gasteiger partial charge in [-0.15, -0.1) is 0 Å². The first-order chi connectivity index (χ1) is 14.7. The molecule has 0 radical (unpaired) electrons. The van der Waals surface area contributed by atoms with Crippen LogP contribution in [0.15, 0.2) is 36.4 Å². The molecule has 1 aromatic carbocycles. The molecular formula is C24H32N4O2. The molecule has 0 N–H and O–H groups in total. The van der Waals surface area contributed by atoms with Gasteiger partial charge < -0.3 is 9.47 Å². The summed E-state index contributed by atoms with van der Waals surface area (Å²) in [5, 5.41) is 0. The number of fused-ring (bicyclic) bond motifs is 1. The smallest absolute Gasteiger partial charge is 0.231 e. The van der Waals surface area contributed by atoms with Crippen LogP contribution in [0.1, 0.15) is 29.8 Å². The molecule has 1 aromatic heterocycles. The lowest BCUT2D eigenvalue weighted by Gasteiger charge is -2.43. The van der Waals surface area contributed by atoms with Crippen LogP contribution < -0.4 is 9.47 Å². The minimum absolute atomic E-state index is 0.343. The lowest BCUT2D eigenvalue weighted by Crippen LogP contribution is -2.54. The molecule has 3 aliphatic heterocycles. The molecule has 2 fully saturated rings. The normalized spacial score (nSPS) is 23.0. The van der Waals surface area contributed by atoms with Crippen molar-refractivity contribution in [2.24, 2.45) is 0 Å². The molecule has 0 unspecified atom stereocenters. The zero-order valence-corrected chi connectivity index (χ0v) is 17.9. The number of ether oxygens (including phenoxy) is 2. The highest BCUT2D eigenvalue weighted by atomic mass is 16.7. The second-order valence-electron chi connectivity index (χ2n) is 8.80. The second kappa shape index (κ2) is 8.92. The summed E-state index contributed by atoms with van der Waals surface area (Å²) < 4.78 is 11.0. The van der Waals surface area contributed by atoms with Gasteiger partial charge in [-0.25, -0.2) is 0 Å². The van der Waals surface area contributed by atoms with Crippen molar-refractivity contribution in [2.75, 3.05) is 46.1 Å². The number of benzene rings is 1. The van der Waals surface area contributed by atoms with Crippen LogP contribution in [-0.4, -0.2) is 71.8 Å². The van der Waals surface area contributed by atoms with Gasteiger partial charge in [0.15, 0.2) is 11.5 Å². The van der Waals surface area contributed by atoms with E-state index in [-0.39, 0.29) is 0 Å². The third-order valence-corrected chi connectivity index (χ3v) is 6.58. The van der Waals surface area contributed by atoms with Crippen LogP contribution in [-0.2, 0) is 13.1 Å². The van der Waals surface area contributed by atoms with Crippen LogP contribution >= 0.6 is 0 Å². The van der Waals surface area contributed by atoms with Crippen molar-refractivity contribution in [3.05, 3.63) is 53.3 Å². The Kier molecular flexibility index (Phi) is 5.88. The monoisotopic (exact) mass is 408 g/mol. The predicted molar refractivity (Wildman–Crippen MR) is 117 cm³/mol. The Bertz CT molecular complexity index is 866. The van der Waals surface area contributed by atoms with Crippen molar-refractivity contribution in [1.29, 1.82) is 0 Å². The highest BCUT2D eigenvalue weighted by Crippen LogP contribution is 2.33. The van der Waals surface area contributed by atoms with E-state index in [0.29, 0.717) is 12.8 Å². The van der Waals surface area contributed by atoms with Crippen LogP contribution in [0, 0.1) is 6.92 Å².